The molecule has 1 aromatic carbocycles. The summed E-state index contributed by atoms with van der Waals surface area (Å²) < 4.78 is 20.8. The molecule has 0 aliphatic heterocycles. The standard InChI is InChI=1S/C16H16FN5O/c1-10-11(9-19-22(10)13-6-3-2-5-12(13)17)14-20-15(21-23-14)16(18)7-4-8-16/h2-3,5-6,9H,4,7-8,18H2,1H3. The smallest absolute Gasteiger partial charge is 0.261 e. The molecule has 0 unspecified atom stereocenters. The van der Waals surface area contributed by atoms with E-state index in [1.54, 1.807) is 24.4 Å². The Kier molecular flexibility index (Phi) is 3.05. The highest BCUT2D eigenvalue weighted by Crippen LogP contribution is 2.38. The molecule has 3 aromatic rings. The number of hydrogen-bond donors (Lipinski definition) is 1. The Labute approximate surface area is 132 Å². The van der Waals surface area contributed by atoms with E-state index in [9.17, 15) is 4.39 Å². The van der Waals surface area contributed by atoms with Crippen LogP contribution in [0.4, 0.5) is 4.39 Å². The lowest BCUT2D eigenvalue weighted by molar-refractivity contribution is 0.229. The van der Waals surface area contributed by atoms with Gasteiger partial charge in [-0.15, -0.1) is 0 Å². The number of para-hydroxylation sites is 1. The van der Waals surface area contributed by atoms with Gasteiger partial charge in [-0.1, -0.05) is 17.3 Å². The monoisotopic (exact) mass is 313 g/mol. The molecule has 4 rings (SSSR count). The van der Waals surface area contributed by atoms with Crippen LogP contribution in [0, 0.1) is 12.7 Å². The summed E-state index contributed by atoms with van der Waals surface area (Å²) in [5.74, 6) is 0.542. The number of aromatic nitrogens is 4. The maximum absolute atomic E-state index is 14.0. The third kappa shape index (κ3) is 2.16. The molecular weight excluding hydrogens is 297 g/mol. The summed E-state index contributed by atoms with van der Waals surface area (Å²) in [6, 6.07) is 6.47. The van der Waals surface area contributed by atoms with Gasteiger partial charge < -0.3 is 10.3 Å². The van der Waals surface area contributed by atoms with Crippen LogP contribution >= 0.6 is 0 Å². The van der Waals surface area contributed by atoms with Crippen LogP contribution in [0.5, 0.6) is 0 Å². The zero-order chi connectivity index (χ0) is 16.0. The minimum Gasteiger partial charge on any atom is -0.334 e. The van der Waals surface area contributed by atoms with Crippen molar-refractivity contribution in [2.45, 2.75) is 31.7 Å². The Hall–Kier alpha value is -2.54. The zero-order valence-corrected chi connectivity index (χ0v) is 12.7. The van der Waals surface area contributed by atoms with Gasteiger partial charge in [0.15, 0.2) is 5.82 Å². The van der Waals surface area contributed by atoms with Crippen LogP contribution in [-0.2, 0) is 5.54 Å². The van der Waals surface area contributed by atoms with E-state index in [4.69, 9.17) is 10.3 Å². The molecule has 1 saturated carbocycles. The third-order valence-corrected chi connectivity index (χ3v) is 4.44. The first-order chi connectivity index (χ1) is 11.1. The van der Waals surface area contributed by atoms with Gasteiger partial charge in [-0.2, -0.15) is 10.1 Å². The van der Waals surface area contributed by atoms with E-state index in [1.165, 1.54) is 10.7 Å². The van der Waals surface area contributed by atoms with Crippen molar-refractivity contribution in [3.8, 4) is 17.1 Å². The number of benzene rings is 1. The first-order valence-electron chi connectivity index (χ1n) is 7.51. The lowest BCUT2D eigenvalue weighted by atomic mass is 9.77. The fourth-order valence-electron chi connectivity index (χ4n) is 2.80. The molecule has 2 N–H and O–H groups in total. The van der Waals surface area contributed by atoms with Gasteiger partial charge in [-0.25, -0.2) is 9.07 Å². The Bertz CT molecular complexity index is 865. The van der Waals surface area contributed by atoms with Crippen LogP contribution in [0.1, 0.15) is 30.8 Å². The van der Waals surface area contributed by atoms with Crippen LogP contribution in [-0.4, -0.2) is 19.9 Å². The molecule has 0 amide bonds. The maximum Gasteiger partial charge on any atom is 0.261 e. The first-order valence-corrected chi connectivity index (χ1v) is 7.51. The predicted molar refractivity (Wildman–Crippen MR) is 81.3 cm³/mol. The van der Waals surface area contributed by atoms with Gasteiger partial charge in [0.05, 0.1) is 23.0 Å². The lowest BCUT2D eigenvalue weighted by Gasteiger charge is -2.34. The van der Waals surface area contributed by atoms with Crippen molar-refractivity contribution < 1.29 is 8.91 Å². The minimum atomic E-state index is -0.475. The number of halogens is 1. The average molecular weight is 313 g/mol. The van der Waals surface area contributed by atoms with Crippen molar-refractivity contribution in [1.29, 1.82) is 0 Å². The van der Waals surface area contributed by atoms with Crippen molar-refractivity contribution >= 4 is 0 Å². The second kappa shape index (κ2) is 4.99. The molecular formula is C16H16FN5O. The summed E-state index contributed by atoms with van der Waals surface area (Å²) >= 11 is 0. The molecule has 1 aliphatic carbocycles. The van der Waals surface area contributed by atoms with Crippen molar-refractivity contribution in [3.63, 3.8) is 0 Å². The Morgan fingerprint density at radius 3 is 2.78 bits per heavy atom. The summed E-state index contributed by atoms with van der Waals surface area (Å²) in [6.45, 7) is 1.83. The van der Waals surface area contributed by atoms with Crippen LogP contribution in [0.2, 0.25) is 0 Å². The normalized spacial score (nSPS) is 16.3. The van der Waals surface area contributed by atoms with Gasteiger partial charge in [0.25, 0.3) is 5.89 Å². The highest BCUT2D eigenvalue weighted by Gasteiger charge is 2.39. The summed E-state index contributed by atoms with van der Waals surface area (Å²) in [5, 5.41) is 8.25. The molecule has 1 fully saturated rings. The van der Waals surface area contributed by atoms with Crippen LogP contribution in [0.3, 0.4) is 0 Å². The van der Waals surface area contributed by atoms with Crippen molar-refractivity contribution in [1.82, 2.24) is 19.9 Å². The van der Waals surface area contributed by atoms with Crippen LogP contribution in [0.25, 0.3) is 17.1 Å². The molecule has 0 spiro atoms. The number of rotatable bonds is 3. The Balaban J connectivity index is 1.73. The highest BCUT2D eigenvalue weighted by atomic mass is 19.1. The maximum atomic E-state index is 14.0. The van der Waals surface area contributed by atoms with E-state index in [0.29, 0.717) is 23.0 Å². The van der Waals surface area contributed by atoms with Gasteiger partial charge in [0.2, 0.25) is 0 Å². The topological polar surface area (TPSA) is 82.8 Å². The third-order valence-electron chi connectivity index (χ3n) is 4.44. The van der Waals surface area contributed by atoms with Gasteiger partial charge in [-0.05, 0) is 38.3 Å². The molecule has 0 bridgehead atoms. The van der Waals surface area contributed by atoms with Gasteiger partial charge in [0, 0.05) is 0 Å². The SMILES string of the molecule is Cc1c(-c2nc(C3(N)CCC3)no2)cnn1-c1ccccc1F. The van der Waals surface area contributed by atoms with Crippen LogP contribution in [0.15, 0.2) is 35.0 Å². The van der Waals surface area contributed by atoms with Gasteiger partial charge in [0.1, 0.15) is 11.5 Å². The van der Waals surface area contributed by atoms with E-state index in [0.717, 1.165) is 25.0 Å². The van der Waals surface area contributed by atoms with E-state index in [-0.39, 0.29) is 5.82 Å². The summed E-state index contributed by atoms with van der Waals surface area (Å²) in [4.78, 5) is 4.41. The summed E-state index contributed by atoms with van der Waals surface area (Å²) in [6.07, 6.45) is 4.40. The van der Waals surface area contributed by atoms with E-state index in [2.05, 4.69) is 15.2 Å². The summed E-state index contributed by atoms with van der Waals surface area (Å²) in [5.41, 5.74) is 7.52. The van der Waals surface area contributed by atoms with Crippen LogP contribution < -0.4 is 5.73 Å². The minimum absolute atomic E-state index is 0.341. The van der Waals surface area contributed by atoms with Crippen molar-refractivity contribution in [2.24, 2.45) is 5.73 Å². The average Bonchev–Trinajstić information content (AvgIpc) is 3.12. The molecule has 2 aromatic heterocycles. The quantitative estimate of drug-likeness (QED) is 0.804. The molecule has 118 valence electrons. The lowest BCUT2D eigenvalue weighted by Crippen LogP contribution is -2.44. The molecule has 6 nitrogen and oxygen atoms in total. The fourth-order valence-corrected chi connectivity index (χ4v) is 2.80. The van der Waals surface area contributed by atoms with Crippen molar-refractivity contribution in [3.05, 3.63) is 47.8 Å². The molecule has 0 atom stereocenters. The Morgan fingerprint density at radius 2 is 2.09 bits per heavy atom. The van der Waals surface area contributed by atoms with Gasteiger partial charge >= 0.3 is 0 Å². The second-order valence-corrected chi connectivity index (χ2v) is 5.94. The predicted octanol–water partition coefficient (Wildman–Crippen LogP) is 2.71. The second-order valence-electron chi connectivity index (χ2n) is 5.94. The summed E-state index contributed by atoms with van der Waals surface area (Å²) in [7, 11) is 0. The number of nitrogens with zero attached hydrogens (tertiary/aromatic N) is 4. The van der Waals surface area contributed by atoms with Crippen molar-refractivity contribution in [2.75, 3.05) is 0 Å². The highest BCUT2D eigenvalue weighted by molar-refractivity contribution is 5.57. The molecule has 0 radical (unpaired) electrons. The molecule has 1 aliphatic rings. The molecule has 2 heterocycles. The molecule has 23 heavy (non-hydrogen) atoms. The van der Waals surface area contributed by atoms with Gasteiger partial charge in [-0.3, -0.25) is 0 Å². The van der Waals surface area contributed by atoms with E-state index in [1.807, 2.05) is 6.92 Å². The first kappa shape index (κ1) is 14.1. The molecule has 0 saturated heterocycles. The Morgan fingerprint density at radius 1 is 1.30 bits per heavy atom. The number of nitrogens with two attached hydrogens (primary N) is 1. The fraction of sp³-hybridized carbons (Fsp3) is 0.312. The molecule has 7 heteroatoms. The number of hydrogen-bond acceptors (Lipinski definition) is 5. The van der Waals surface area contributed by atoms with E-state index >= 15 is 0 Å². The van der Waals surface area contributed by atoms with E-state index < -0.39 is 5.54 Å². The largest absolute Gasteiger partial charge is 0.334 e. The zero-order valence-electron chi connectivity index (χ0n) is 12.7.